The maximum absolute atomic E-state index is 13.0. The van der Waals surface area contributed by atoms with Crippen LogP contribution in [0.25, 0.3) is 11.2 Å². The van der Waals surface area contributed by atoms with Gasteiger partial charge in [0.15, 0.2) is 23.1 Å². The molecular weight excluding hydrogens is 734 g/mol. The fourth-order valence-corrected chi connectivity index (χ4v) is 6.93. The molecule has 3 N–H and O–H groups in total. The number of carboxylic acids is 2. The third-order valence-corrected chi connectivity index (χ3v) is 9.73. The SMILES string of the molecule is COc1ccc(C(OC[C@H]2O[C@@H](n3cnc4c(NC(=O)c5ccccc5)ncnc43)C[C@@H]2OC(CC(=O)O)C(=O)O)(c2ccccc2)c2ccc(OC)cc2)cc1. The fourth-order valence-electron chi connectivity index (χ4n) is 6.93. The lowest BCUT2D eigenvalue weighted by molar-refractivity contribution is -0.166. The summed E-state index contributed by atoms with van der Waals surface area (Å²) in [6.45, 7) is -0.145. The van der Waals surface area contributed by atoms with Crippen LogP contribution in [0.3, 0.4) is 0 Å². The number of nitrogens with zero attached hydrogens (tertiary/aromatic N) is 4. The van der Waals surface area contributed by atoms with Crippen molar-refractivity contribution < 1.29 is 48.3 Å². The molecule has 1 aliphatic heterocycles. The molecule has 0 bridgehead atoms. The van der Waals surface area contributed by atoms with Gasteiger partial charge in [-0.05, 0) is 53.1 Å². The van der Waals surface area contributed by atoms with Crippen molar-refractivity contribution in [2.24, 2.45) is 0 Å². The maximum Gasteiger partial charge on any atom is 0.333 e. The van der Waals surface area contributed by atoms with Crippen LogP contribution >= 0.6 is 0 Å². The first-order chi connectivity index (χ1) is 27.7. The summed E-state index contributed by atoms with van der Waals surface area (Å²) in [5.41, 5.74) is 2.08. The number of benzene rings is 4. The number of methoxy groups -OCH3 is 2. The summed E-state index contributed by atoms with van der Waals surface area (Å²) in [6.07, 6.45) is -2.33. The van der Waals surface area contributed by atoms with Crippen LogP contribution in [0.2, 0.25) is 0 Å². The van der Waals surface area contributed by atoms with E-state index in [-0.39, 0.29) is 24.8 Å². The minimum Gasteiger partial charge on any atom is -0.497 e. The first-order valence-electron chi connectivity index (χ1n) is 18.0. The van der Waals surface area contributed by atoms with E-state index in [9.17, 15) is 24.6 Å². The van der Waals surface area contributed by atoms with Gasteiger partial charge >= 0.3 is 11.9 Å². The van der Waals surface area contributed by atoms with Gasteiger partial charge in [0.2, 0.25) is 0 Å². The predicted molar refractivity (Wildman–Crippen MR) is 205 cm³/mol. The van der Waals surface area contributed by atoms with Crippen LogP contribution < -0.4 is 14.8 Å². The van der Waals surface area contributed by atoms with Gasteiger partial charge in [-0.3, -0.25) is 14.2 Å². The molecular formula is C42H39N5O10. The van der Waals surface area contributed by atoms with Crippen molar-refractivity contribution in [3.63, 3.8) is 0 Å². The van der Waals surface area contributed by atoms with Crippen molar-refractivity contribution in [1.82, 2.24) is 19.5 Å². The number of carbonyl (C=O) groups is 3. The van der Waals surface area contributed by atoms with Crippen LogP contribution in [0, 0.1) is 0 Å². The molecule has 4 atom stereocenters. The number of nitrogens with one attached hydrogen (secondary N) is 1. The average Bonchev–Trinajstić information content (AvgIpc) is 3.86. The van der Waals surface area contributed by atoms with Crippen LogP contribution in [-0.2, 0) is 29.4 Å². The normalized spacial score (nSPS) is 17.2. The second-order valence-corrected chi connectivity index (χ2v) is 13.1. The molecule has 57 heavy (non-hydrogen) atoms. The summed E-state index contributed by atoms with van der Waals surface area (Å²) in [5.74, 6) is -1.70. The molecule has 0 radical (unpaired) electrons. The smallest absolute Gasteiger partial charge is 0.333 e. The lowest BCUT2D eigenvalue weighted by Crippen LogP contribution is -2.40. The highest BCUT2D eigenvalue weighted by Crippen LogP contribution is 2.43. The number of hydrogen-bond acceptors (Lipinski definition) is 11. The van der Waals surface area contributed by atoms with Gasteiger partial charge < -0.3 is 39.2 Å². The largest absolute Gasteiger partial charge is 0.497 e. The highest BCUT2D eigenvalue weighted by atomic mass is 16.6. The van der Waals surface area contributed by atoms with Gasteiger partial charge in [-0.1, -0.05) is 72.8 Å². The van der Waals surface area contributed by atoms with Gasteiger partial charge in [0.1, 0.15) is 35.8 Å². The van der Waals surface area contributed by atoms with Crippen LogP contribution in [0.1, 0.15) is 46.1 Å². The minimum absolute atomic E-state index is 0.0714. The second kappa shape index (κ2) is 17.0. The first kappa shape index (κ1) is 38.6. The van der Waals surface area contributed by atoms with Crippen LogP contribution in [0.15, 0.2) is 122 Å². The summed E-state index contributed by atoms with van der Waals surface area (Å²) in [5, 5.41) is 22.3. The first-order valence-corrected chi connectivity index (χ1v) is 18.0. The van der Waals surface area contributed by atoms with E-state index in [0.717, 1.165) is 16.7 Å². The molecule has 2 aromatic heterocycles. The molecule has 3 heterocycles. The molecule has 1 aliphatic rings. The standard InChI is InChI=1S/C42H39N5O10/c1-53-30-17-13-28(14-18-30)42(27-11-7-4-8-12-27,29-15-19-31(54-2)20-16-29)55-23-34-32(56-33(41(51)52)22-36(48)49)21-35(57-34)47-25-45-37-38(43-24-44-39(37)47)46-40(50)26-9-5-3-6-10-26/h3-20,24-25,32-35H,21-23H2,1-2H3,(H,48,49)(H,51,52)(H,43,44,46,50)/t32-,33?,34+,35+/m0/s1. The molecule has 0 aliphatic carbocycles. The third-order valence-electron chi connectivity index (χ3n) is 9.73. The number of carboxylic acid groups (broad SMARTS) is 2. The lowest BCUT2D eigenvalue weighted by Gasteiger charge is -2.37. The van der Waals surface area contributed by atoms with Gasteiger partial charge in [-0.2, -0.15) is 0 Å². The minimum atomic E-state index is -1.68. The molecule has 1 unspecified atom stereocenters. The zero-order chi connectivity index (χ0) is 39.9. The van der Waals surface area contributed by atoms with Gasteiger partial charge in [0.05, 0.1) is 39.7 Å². The molecule has 7 rings (SSSR count). The lowest BCUT2D eigenvalue weighted by atomic mass is 9.80. The predicted octanol–water partition coefficient (Wildman–Crippen LogP) is 5.71. The summed E-state index contributed by atoms with van der Waals surface area (Å²) in [6, 6.07) is 33.2. The van der Waals surface area contributed by atoms with Gasteiger partial charge in [-0.15, -0.1) is 0 Å². The molecule has 15 heteroatoms. The van der Waals surface area contributed by atoms with Gasteiger partial charge in [-0.25, -0.2) is 19.7 Å². The Balaban J connectivity index is 1.26. The Labute approximate surface area is 326 Å². The Kier molecular flexibility index (Phi) is 11.5. The Hall–Kier alpha value is -6.68. The van der Waals surface area contributed by atoms with E-state index < -0.39 is 48.5 Å². The average molecular weight is 774 g/mol. The Bertz CT molecular complexity index is 2270. The maximum atomic E-state index is 13.0. The van der Waals surface area contributed by atoms with Gasteiger partial charge in [0.25, 0.3) is 5.91 Å². The Morgan fingerprint density at radius 2 is 1.42 bits per heavy atom. The molecule has 15 nitrogen and oxygen atoms in total. The summed E-state index contributed by atoms with van der Waals surface area (Å²) in [7, 11) is 3.17. The second-order valence-electron chi connectivity index (χ2n) is 13.1. The number of aromatic nitrogens is 4. The number of amides is 1. The van der Waals surface area contributed by atoms with Gasteiger partial charge in [0, 0.05) is 12.0 Å². The Morgan fingerprint density at radius 3 is 2.00 bits per heavy atom. The zero-order valence-electron chi connectivity index (χ0n) is 30.9. The molecule has 6 aromatic rings. The summed E-state index contributed by atoms with van der Waals surface area (Å²) >= 11 is 0. The molecule has 1 fully saturated rings. The van der Waals surface area contributed by atoms with Crippen molar-refractivity contribution in [2.75, 3.05) is 26.1 Å². The molecule has 0 saturated carbocycles. The van der Waals surface area contributed by atoms with E-state index in [0.29, 0.717) is 28.2 Å². The topological polar surface area (TPSA) is 193 Å². The number of rotatable bonds is 16. The van der Waals surface area contributed by atoms with Crippen LogP contribution in [0.4, 0.5) is 5.82 Å². The van der Waals surface area contributed by atoms with Crippen LogP contribution in [-0.4, -0.2) is 86.7 Å². The van der Waals surface area contributed by atoms with Crippen molar-refractivity contribution >= 4 is 34.8 Å². The number of ether oxygens (including phenoxy) is 5. The molecule has 0 spiro atoms. The highest BCUT2D eigenvalue weighted by molar-refractivity contribution is 6.06. The van der Waals surface area contributed by atoms with Crippen molar-refractivity contribution in [2.45, 2.75) is 43.0 Å². The number of fused-ring (bicyclic) bond motifs is 1. The summed E-state index contributed by atoms with van der Waals surface area (Å²) in [4.78, 5) is 50.2. The fraction of sp³-hybridized carbons (Fsp3) is 0.238. The monoisotopic (exact) mass is 773 g/mol. The van der Waals surface area contributed by atoms with Crippen molar-refractivity contribution in [3.05, 3.63) is 144 Å². The van der Waals surface area contributed by atoms with E-state index >= 15 is 0 Å². The molecule has 1 amide bonds. The van der Waals surface area contributed by atoms with E-state index in [1.807, 2.05) is 78.9 Å². The summed E-state index contributed by atoms with van der Waals surface area (Å²) < 4.78 is 32.3. The number of carbonyl (C=O) groups excluding carboxylic acids is 1. The Morgan fingerprint density at radius 1 is 0.825 bits per heavy atom. The van der Waals surface area contributed by atoms with E-state index in [2.05, 4.69) is 20.3 Å². The third kappa shape index (κ3) is 8.16. The molecule has 4 aromatic carbocycles. The number of aliphatic carboxylic acids is 2. The van der Waals surface area contributed by atoms with E-state index in [1.165, 1.54) is 12.7 Å². The highest BCUT2D eigenvalue weighted by Gasteiger charge is 2.44. The number of imidazole rings is 1. The molecule has 292 valence electrons. The zero-order valence-corrected chi connectivity index (χ0v) is 30.9. The van der Waals surface area contributed by atoms with Crippen molar-refractivity contribution in [1.29, 1.82) is 0 Å². The van der Waals surface area contributed by atoms with E-state index in [1.54, 1.807) is 49.1 Å². The van der Waals surface area contributed by atoms with E-state index in [4.69, 9.17) is 23.7 Å². The number of hydrogen-bond donors (Lipinski definition) is 3. The quantitative estimate of drug-likeness (QED) is 0.102. The van der Waals surface area contributed by atoms with Crippen molar-refractivity contribution in [3.8, 4) is 11.5 Å². The molecule has 1 saturated heterocycles. The van der Waals surface area contributed by atoms with Crippen LogP contribution in [0.5, 0.6) is 11.5 Å². The number of anilines is 1.